The molecular weight excluding hydrogens is 603 g/mol. The molecule has 0 heterocycles. The molecule has 0 radical (unpaired) electrons. The summed E-state index contributed by atoms with van der Waals surface area (Å²) in [7, 11) is 0.754. The van der Waals surface area contributed by atoms with Crippen molar-refractivity contribution in [2.75, 3.05) is 0 Å². The van der Waals surface area contributed by atoms with E-state index in [4.69, 9.17) is 0 Å². The smallest absolute Gasteiger partial charge is 0.263 e. The van der Waals surface area contributed by atoms with E-state index < -0.39 is 0 Å². The molecule has 2 heteroatoms. The van der Waals surface area contributed by atoms with Gasteiger partial charge < -0.3 is 0 Å². The molecule has 1 unspecified atom stereocenters. The molecule has 0 aromatic heterocycles. The van der Waals surface area contributed by atoms with E-state index in [1.54, 1.807) is 0 Å². The van der Waals surface area contributed by atoms with Crippen molar-refractivity contribution in [3.8, 4) is 0 Å². The van der Waals surface area contributed by atoms with Gasteiger partial charge in [0.25, 0.3) is 0 Å². The van der Waals surface area contributed by atoms with E-state index in [1.165, 1.54) is 54.8 Å². The first-order valence-corrected chi connectivity index (χ1v) is 15.6. The Bertz CT molecular complexity index is 1560. The number of allylic oxidation sites excluding steroid dienone is 4. The quantitative estimate of drug-likeness (QED) is 0.132. The van der Waals surface area contributed by atoms with Crippen LogP contribution in [0.5, 0.6) is 0 Å². The van der Waals surface area contributed by atoms with Crippen molar-refractivity contribution in [1.29, 1.82) is 0 Å². The number of rotatable bonds is 5. The summed E-state index contributed by atoms with van der Waals surface area (Å²) in [5.41, 5.74) is 8.61. The summed E-state index contributed by atoms with van der Waals surface area (Å²) in [5.74, 6) is 0. The summed E-state index contributed by atoms with van der Waals surface area (Å²) in [6.45, 7) is 13.1. The molecule has 0 spiro atoms. The average Bonchev–Trinajstić information content (AvgIpc) is 3.48. The Kier molecular flexibility index (Phi) is 13.0. The Morgan fingerprint density at radius 1 is 0.643 bits per heavy atom. The maximum absolute atomic E-state index is 3.44. The summed E-state index contributed by atoms with van der Waals surface area (Å²) in [5, 5.41) is 5.65. The fourth-order valence-electron chi connectivity index (χ4n) is 5.10. The molecular formula is C40H43PZr. The van der Waals surface area contributed by atoms with Gasteiger partial charge in [0.05, 0.1) is 0 Å². The number of aryl methyl sites for hydroxylation is 3. The first-order chi connectivity index (χ1) is 19.7. The largest absolute Gasteiger partial charge is 2.00 e. The van der Waals surface area contributed by atoms with Gasteiger partial charge in [-0.25, -0.2) is 5.57 Å². The van der Waals surface area contributed by atoms with Gasteiger partial charge in [-0.1, -0.05) is 124 Å². The molecule has 0 aliphatic heterocycles. The third kappa shape index (κ3) is 9.39. The Hall–Kier alpha value is -2.72. The van der Waals surface area contributed by atoms with Crippen molar-refractivity contribution in [3.63, 3.8) is 0 Å². The molecule has 0 bridgehead atoms. The van der Waals surface area contributed by atoms with Gasteiger partial charge >= 0.3 is 26.2 Å². The number of hydrogen-bond acceptors (Lipinski definition) is 0. The number of hydrogen-bond donors (Lipinski definition) is 0. The zero-order valence-electron chi connectivity index (χ0n) is 26.0. The van der Waals surface area contributed by atoms with Crippen molar-refractivity contribution < 1.29 is 26.2 Å². The summed E-state index contributed by atoms with van der Waals surface area (Å²) in [6.07, 6.45) is 5.69. The second-order valence-electron chi connectivity index (χ2n) is 11.4. The number of fused-ring (bicyclic) bond motifs is 1. The van der Waals surface area contributed by atoms with Crippen molar-refractivity contribution in [3.05, 3.63) is 161 Å². The van der Waals surface area contributed by atoms with Crippen LogP contribution in [0, 0.1) is 18.4 Å². The first kappa shape index (κ1) is 33.8. The standard InChI is InChI=1S/C16H14P.C14H14.C10H15.Zr/c1-12-6-2-5-9-15(12)17-16-11-10-13-7-3-4-8-14(13)16;1-3-7-13(8-4-1)11-12-14-9-5-2-6-10-14;1-7-6-10(4,5)9(3)8(7)2;/h2-11,17H,1H3;1-10H,11-12H2;1-5H3;/q-1;;-1;+2. The van der Waals surface area contributed by atoms with Gasteiger partial charge in [-0.2, -0.15) is 17.2 Å². The van der Waals surface area contributed by atoms with Crippen molar-refractivity contribution in [2.24, 2.45) is 5.41 Å². The van der Waals surface area contributed by atoms with Crippen LogP contribution in [-0.4, -0.2) is 0 Å². The Labute approximate surface area is 275 Å². The maximum Gasteiger partial charge on any atom is 2.00 e. The SMILES string of the molecule is CC1=[C-]C(C)(C)C(C)=C1C.Cc1ccccc1P[c-]1ccc2ccccc21.[Zr+2].c1ccc(CCc2ccccc2)cc1. The normalized spacial score (nSPS) is 13.6. The van der Waals surface area contributed by atoms with Crippen molar-refractivity contribution in [1.82, 2.24) is 0 Å². The third-order valence-electron chi connectivity index (χ3n) is 8.05. The van der Waals surface area contributed by atoms with E-state index in [0.29, 0.717) is 0 Å². The van der Waals surface area contributed by atoms with E-state index in [-0.39, 0.29) is 31.6 Å². The molecule has 0 saturated heterocycles. The minimum Gasteiger partial charge on any atom is -0.263 e. The second kappa shape index (κ2) is 16.2. The van der Waals surface area contributed by atoms with E-state index in [1.807, 2.05) is 0 Å². The van der Waals surface area contributed by atoms with Gasteiger partial charge in [0, 0.05) is 0 Å². The monoisotopic (exact) mass is 644 g/mol. The van der Waals surface area contributed by atoms with Crippen LogP contribution < -0.4 is 10.6 Å². The minimum absolute atomic E-state index is 0. The van der Waals surface area contributed by atoms with E-state index in [0.717, 1.165) is 21.4 Å². The van der Waals surface area contributed by atoms with Gasteiger partial charge in [0.15, 0.2) is 0 Å². The van der Waals surface area contributed by atoms with E-state index in [9.17, 15) is 0 Å². The molecule has 0 fully saturated rings. The molecule has 1 aliphatic rings. The fraction of sp³-hybridized carbons (Fsp3) is 0.225. The predicted molar refractivity (Wildman–Crippen MR) is 183 cm³/mol. The summed E-state index contributed by atoms with van der Waals surface area (Å²) in [4.78, 5) is 0. The van der Waals surface area contributed by atoms with E-state index in [2.05, 4.69) is 169 Å². The van der Waals surface area contributed by atoms with Gasteiger partial charge in [0.2, 0.25) is 0 Å². The van der Waals surface area contributed by atoms with Gasteiger partial charge in [0.1, 0.15) is 0 Å². The predicted octanol–water partition coefficient (Wildman–Crippen LogP) is 10.1. The number of benzene rings is 4. The van der Waals surface area contributed by atoms with Crippen LogP contribution in [0.1, 0.15) is 51.3 Å². The Morgan fingerprint density at radius 3 is 1.67 bits per heavy atom. The molecule has 6 rings (SSSR count). The molecule has 0 N–H and O–H groups in total. The summed E-state index contributed by atoms with van der Waals surface area (Å²) >= 11 is 0. The topological polar surface area (TPSA) is 0 Å². The molecule has 0 amide bonds. The third-order valence-corrected chi connectivity index (χ3v) is 9.58. The summed E-state index contributed by atoms with van der Waals surface area (Å²) < 4.78 is 0. The van der Waals surface area contributed by atoms with Crippen molar-refractivity contribution >= 4 is 30.0 Å². The van der Waals surface area contributed by atoms with Crippen LogP contribution in [0.4, 0.5) is 0 Å². The van der Waals surface area contributed by atoms with Crippen LogP contribution >= 0.6 is 8.58 Å². The van der Waals surface area contributed by atoms with Crippen molar-refractivity contribution in [2.45, 2.75) is 54.4 Å². The Balaban J connectivity index is 0.000000177. The zero-order chi connectivity index (χ0) is 29.2. The molecule has 5 aromatic rings. The minimum atomic E-state index is 0. The van der Waals surface area contributed by atoms with Crippen LogP contribution in [-0.2, 0) is 39.0 Å². The Morgan fingerprint density at radius 2 is 1.17 bits per heavy atom. The van der Waals surface area contributed by atoms with Crippen LogP contribution in [0.25, 0.3) is 10.8 Å². The van der Waals surface area contributed by atoms with E-state index >= 15 is 0 Å². The van der Waals surface area contributed by atoms with Crippen LogP contribution in [0.3, 0.4) is 0 Å². The molecule has 5 aromatic carbocycles. The second-order valence-corrected chi connectivity index (χ2v) is 12.7. The van der Waals surface area contributed by atoms with Gasteiger partial charge in [-0.05, 0) is 41.8 Å². The molecule has 212 valence electrons. The fourth-order valence-corrected chi connectivity index (χ4v) is 6.38. The molecule has 1 aliphatic carbocycles. The van der Waals surface area contributed by atoms with Crippen LogP contribution in [0.2, 0.25) is 0 Å². The van der Waals surface area contributed by atoms with Gasteiger partial charge in [-0.15, -0.1) is 55.8 Å². The molecule has 42 heavy (non-hydrogen) atoms. The zero-order valence-corrected chi connectivity index (χ0v) is 29.4. The molecule has 1 atom stereocenters. The van der Waals surface area contributed by atoms with Gasteiger partial charge in [-0.3, -0.25) is 6.08 Å². The maximum atomic E-state index is 3.44. The summed E-state index contributed by atoms with van der Waals surface area (Å²) in [6, 6.07) is 43.0. The van der Waals surface area contributed by atoms with Crippen LogP contribution in [0.15, 0.2) is 138 Å². The molecule has 0 saturated carbocycles. The first-order valence-electron chi connectivity index (χ1n) is 14.6. The molecule has 0 nitrogen and oxygen atoms in total. The average molecular weight is 646 g/mol.